The Labute approximate surface area is 94.0 Å². The van der Waals surface area contributed by atoms with Crippen molar-refractivity contribution in [1.29, 1.82) is 0 Å². The molecule has 2 rings (SSSR count). The van der Waals surface area contributed by atoms with Crippen LogP contribution in [0.4, 0.5) is 0 Å². The molecule has 0 spiro atoms. The van der Waals surface area contributed by atoms with Crippen LogP contribution in [0.2, 0.25) is 0 Å². The summed E-state index contributed by atoms with van der Waals surface area (Å²) in [4.78, 5) is 2.72. The zero-order valence-corrected chi connectivity index (χ0v) is 10.1. The zero-order chi connectivity index (χ0) is 10.5. The molecule has 1 saturated heterocycles. The quantitative estimate of drug-likeness (QED) is 0.647. The van der Waals surface area contributed by atoms with Crippen molar-refractivity contribution < 1.29 is 4.58 Å². The van der Waals surface area contributed by atoms with Crippen molar-refractivity contribution in [2.24, 2.45) is 0 Å². The number of nitrogens with zero attached hydrogens (tertiary/aromatic N) is 2. The molecule has 1 fully saturated rings. The predicted octanol–water partition coefficient (Wildman–Crippen LogP) is 2.48. The van der Waals surface area contributed by atoms with Crippen LogP contribution in [0, 0.1) is 0 Å². The first-order valence-electron chi connectivity index (χ1n) is 6.75. The van der Waals surface area contributed by atoms with E-state index in [0.717, 1.165) is 6.17 Å². The minimum absolute atomic E-state index is 0.743. The maximum atomic E-state index is 2.72. The van der Waals surface area contributed by atoms with Gasteiger partial charge in [0.1, 0.15) is 12.8 Å². The van der Waals surface area contributed by atoms with E-state index in [9.17, 15) is 0 Å². The Balaban J connectivity index is 1.98. The third-order valence-corrected chi connectivity index (χ3v) is 3.74. The van der Waals surface area contributed by atoms with Crippen LogP contribution in [0.5, 0.6) is 0 Å². The zero-order valence-electron chi connectivity index (χ0n) is 10.1. The lowest BCUT2D eigenvalue weighted by atomic mass is 10.1. The summed E-state index contributed by atoms with van der Waals surface area (Å²) < 4.78 is 2.62. The summed E-state index contributed by atoms with van der Waals surface area (Å²) in [6.45, 7) is 6.23. The lowest BCUT2D eigenvalue weighted by Gasteiger charge is -2.32. The summed E-state index contributed by atoms with van der Waals surface area (Å²) in [6, 6.07) is 0. The monoisotopic (exact) mass is 209 g/mol. The molecule has 0 amide bonds. The summed E-state index contributed by atoms with van der Waals surface area (Å²) in [5.74, 6) is 0. The van der Waals surface area contributed by atoms with E-state index in [-0.39, 0.29) is 0 Å². The molecule has 2 aliphatic heterocycles. The van der Waals surface area contributed by atoms with Gasteiger partial charge in [0, 0.05) is 32.4 Å². The summed E-state index contributed by atoms with van der Waals surface area (Å²) >= 11 is 0. The summed E-state index contributed by atoms with van der Waals surface area (Å²) in [6.07, 6.45) is 12.8. The van der Waals surface area contributed by atoms with E-state index < -0.39 is 0 Å². The van der Waals surface area contributed by atoms with Gasteiger partial charge in [-0.15, -0.1) is 0 Å². The van der Waals surface area contributed by atoms with Gasteiger partial charge in [-0.2, -0.15) is 0 Å². The fraction of sp³-hybridized carbons (Fsp3) is 0.923. The molecule has 15 heavy (non-hydrogen) atoms. The van der Waals surface area contributed by atoms with Crippen LogP contribution >= 0.6 is 0 Å². The van der Waals surface area contributed by atoms with Gasteiger partial charge in [0.25, 0.3) is 0 Å². The molecule has 0 saturated carbocycles. The van der Waals surface area contributed by atoms with Gasteiger partial charge in [-0.3, -0.25) is 0 Å². The number of unbranched alkanes of at least 4 members (excludes halogenated alkanes) is 1. The predicted molar refractivity (Wildman–Crippen MR) is 64.5 cm³/mol. The van der Waals surface area contributed by atoms with Gasteiger partial charge in [0.05, 0.1) is 0 Å². The van der Waals surface area contributed by atoms with Crippen molar-refractivity contribution in [3.63, 3.8) is 0 Å². The van der Waals surface area contributed by atoms with Crippen molar-refractivity contribution >= 4 is 6.21 Å². The van der Waals surface area contributed by atoms with Crippen molar-refractivity contribution in [3.05, 3.63) is 0 Å². The van der Waals surface area contributed by atoms with Gasteiger partial charge in [-0.25, -0.2) is 9.48 Å². The molecule has 86 valence electrons. The van der Waals surface area contributed by atoms with Gasteiger partial charge in [0.2, 0.25) is 6.17 Å². The number of rotatable bonds is 3. The molecule has 2 heteroatoms. The van der Waals surface area contributed by atoms with E-state index in [1.165, 1.54) is 64.6 Å². The SMILES string of the molecule is CCCCN1CCC[N+]2=CCCCCC12. The Morgan fingerprint density at radius 2 is 2.27 bits per heavy atom. The van der Waals surface area contributed by atoms with E-state index in [4.69, 9.17) is 0 Å². The normalized spacial score (nSPS) is 28.1. The maximum absolute atomic E-state index is 2.72. The smallest absolute Gasteiger partial charge is 0.208 e. The Morgan fingerprint density at radius 1 is 1.33 bits per heavy atom. The fourth-order valence-corrected chi connectivity index (χ4v) is 2.88. The molecule has 1 atom stereocenters. The molecule has 0 bridgehead atoms. The third kappa shape index (κ3) is 2.81. The van der Waals surface area contributed by atoms with Crippen LogP contribution in [0.25, 0.3) is 0 Å². The van der Waals surface area contributed by atoms with Crippen LogP contribution in [0.15, 0.2) is 0 Å². The highest BCUT2D eigenvalue weighted by Gasteiger charge is 2.32. The number of hydrogen-bond acceptors (Lipinski definition) is 1. The lowest BCUT2D eigenvalue weighted by Crippen LogP contribution is -2.49. The molecule has 2 heterocycles. The highest BCUT2D eigenvalue weighted by molar-refractivity contribution is 5.51. The third-order valence-electron chi connectivity index (χ3n) is 3.74. The molecule has 2 aliphatic rings. The van der Waals surface area contributed by atoms with Crippen LogP contribution < -0.4 is 0 Å². The highest BCUT2D eigenvalue weighted by atomic mass is 15.3. The molecule has 1 unspecified atom stereocenters. The van der Waals surface area contributed by atoms with Crippen LogP contribution in [0.3, 0.4) is 0 Å². The molecular formula is C13H25N2+. The average molecular weight is 209 g/mol. The highest BCUT2D eigenvalue weighted by Crippen LogP contribution is 2.19. The van der Waals surface area contributed by atoms with E-state index in [2.05, 4.69) is 22.6 Å². The molecule has 0 aromatic heterocycles. The molecular weight excluding hydrogens is 184 g/mol. The standard InChI is InChI=1S/C13H25N2/c1-2-3-9-14-11-7-12-15-10-6-4-5-8-13(14)15/h10,13H,2-9,11-12H2,1H3/q+1. The van der Waals surface area contributed by atoms with Crippen LogP contribution in [-0.4, -0.2) is 41.5 Å². The molecule has 0 aromatic rings. The van der Waals surface area contributed by atoms with Gasteiger partial charge >= 0.3 is 0 Å². The minimum atomic E-state index is 0.743. The average Bonchev–Trinajstić information content (AvgIpc) is 2.51. The van der Waals surface area contributed by atoms with E-state index in [1.54, 1.807) is 0 Å². The first-order chi connectivity index (χ1) is 7.42. The molecule has 0 radical (unpaired) electrons. The Morgan fingerprint density at radius 3 is 3.13 bits per heavy atom. The summed E-state index contributed by atoms with van der Waals surface area (Å²) in [5.41, 5.74) is 0. The molecule has 0 aliphatic carbocycles. The van der Waals surface area contributed by atoms with Crippen molar-refractivity contribution in [1.82, 2.24) is 4.90 Å². The Bertz CT molecular complexity index is 223. The largest absolute Gasteiger partial charge is 0.245 e. The summed E-state index contributed by atoms with van der Waals surface area (Å²) in [5, 5.41) is 0. The van der Waals surface area contributed by atoms with Crippen LogP contribution in [0.1, 0.15) is 51.9 Å². The minimum Gasteiger partial charge on any atom is -0.245 e. The molecule has 2 nitrogen and oxygen atoms in total. The fourth-order valence-electron chi connectivity index (χ4n) is 2.88. The second-order valence-electron chi connectivity index (χ2n) is 4.93. The second kappa shape index (κ2) is 5.64. The number of hydrogen-bond donors (Lipinski definition) is 0. The molecule has 0 N–H and O–H groups in total. The van der Waals surface area contributed by atoms with Crippen molar-refractivity contribution in [2.75, 3.05) is 19.6 Å². The van der Waals surface area contributed by atoms with Crippen molar-refractivity contribution in [2.45, 2.75) is 58.0 Å². The maximum Gasteiger partial charge on any atom is 0.208 e. The van der Waals surface area contributed by atoms with Crippen LogP contribution in [-0.2, 0) is 0 Å². The number of fused-ring (bicyclic) bond motifs is 1. The topological polar surface area (TPSA) is 6.25 Å². The Hall–Kier alpha value is -0.370. The van der Waals surface area contributed by atoms with Gasteiger partial charge < -0.3 is 0 Å². The second-order valence-corrected chi connectivity index (χ2v) is 4.93. The van der Waals surface area contributed by atoms with Crippen molar-refractivity contribution in [3.8, 4) is 0 Å². The summed E-state index contributed by atoms with van der Waals surface area (Å²) in [7, 11) is 0. The van der Waals surface area contributed by atoms with E-state index in [1.807, 2.05) is 0 Å². The Kier molecular flexibility index (Phi) is 4.18. The van der Waals surface area contributed by atoms with E-state index in [0.29, 0.717) is 0 Å². The molecule has 0 aromatic carbocycles. The van der Waals surface area contributed by atoms with E-state index >= 15 is 0 Å². The first kappa shape index (κ1) is 11.1. The van der Waals surface area contributed by atoms with Gasteiger partial charge in [-0.05, 0) is 19.3 Å². The first-order valence-corrected chi connectivity index (χ1v) is 6.75. The van der Waals surface area contributed by atoms with Gasteiger partial charge in [-0.1, -0.05) is 13.3 Å². The lowest BCUT2D eigenvalue weighted by molar-refractivity contribution is -0.600. The van der Waals surface area contributed by atoms with Gasteiger partial charge in [0.15, 0.2) is 0 Å².